The van der Waals surface area contributed by atoms with Crippen molar-refractivity contribution in [2.24, 2.45) is 0 Å². The molecule has 2 heterocycles. The predicted octanol–water partition coefficient (Wildman–Crippen LogP) is 2.42. The zero-order chi connectivity index (χ0) is 24.0. The highest BCUT2D eigenvalue weighted by atomic mass is 16.6. The van der Waals surface area contributed by atoms with Crippen LogP contribution in [0.3, 0.4) is 0 Å². The van der Waals surface area contributed by atoms with E-state index in [9.17, 15) is 24.5 Å². The highest BCUT2D eigenvalue weighted by molar-refractivity contribution is 6.10. The average Bonchev–Trinajstić information content (AvgIpc) is 3.44. The molecule has 1 saturated heterocycles. The molecule has 1 spiro atoms. The number of hydrogen-bond donors (Lipinski definition) is 2. The number of anilines is 1. The Labute approximate surface area is 193 Å². The van der Waals surface area contributed by atoms with Crippen LogP contribution in [-0.2, 0) is 21.5 Å². The maximum Gasteiger partial charge on any atom is 0.325 e. The molecule has 172 valence electrons. The highest BCUT2D eigenvalue weighted by Crippen LogP contribution is 2.41. The Morgan fingerprint density at radius 2 is 1.94 bits per heavy atom. The van der Waals surface area contributed by atoms with Crippen LogP contribution in [-0.4, -0.2) is 44.0 Å². The molecule has 11 nitrogen and oxygen atoms in total. The van der Waals surface area contributed by atoms with Crippen LogP contribution in [0.1, 0.15) is 23.2 Å². The van der Waals surface area contributed by atoms with Crippen molar-refractivity contribution in [2.45, 2.75) is 25.3 Å². The standard InChI is InChI=1S/C23H20N6O5/c1-14-12-19(28(26-14)16-6-8-17(9-7-16)29(33)34)24-20(30)13-27-21(31)23(25-22(27)32)11-10-15-4-2-3-5-18(15)23/h2-9,12H,10-11,13H2,1H3,(H,24,30)(H,25,32). The largest absolute Gasteiger partial charge is 0.325 e. The average molecular weight is 460 g/mol. The number of non-ortho nitro benzene ring substituents is 1. The molecule has 0 radical (unpaired) electrons. The number of hydrogen-bond acceptors (Lipinski definition) is 6. The van der Waals surface area contributed by atoms with E-state index in [4.69, 9.17) is 0 Å². The Balaban J connectivity index is 1.34. The van der Waals surface area contributed by atoms with E-state index in [1.54, 1.807) is 13.0 Å². The van der Waals surface area contributed by atoms with E-state index < -0.39 is 34.9 Å². The number of carbonyl (C=O) groups is 3. The number of aryl methyl sites for hydroxylation is 2. The lowest BCUT2D eigenvalue weighted by Crippen LogP contribution is -2.43. The Hall–Kier alpha value is -4.54. The molecule has 1 aromatic heterocycles. The normalized spacial score (nSPS) is 18.8. The zero-order valence-corrected chi connectivity index (χ0v) is 18.1. The maximum atomic E-state index is 13.3. The van der Waals surface area contributed by atoms with Crippen molar-refractivity contribution in [1.29, 1.82) is 0 Å². The summed E-state index contributed by atoms with van der Waals surface area (Å²) in [7, 11) is 0. The Morgan fingerprint density at radius 1 is 1.21 bits per heavy atom. The second kappa shape index (κ2) is 7.80. The number of nitro benzene ring substituents is 1. The fourth-order valence-corrected chi connectivity index (χ4v) is 4.56. The summed E-state index contributed by atoms with van der Waals surface area (Å²) in [6.45, 7) is 1.27. The van der Waals surface area contributed by atoms with Crippen molar-refractivity contribution in [2.75, 3.05) is 11.9 Å². The Kier molecular flexibility index (Phi) is 4.89. The van der Waals surface area contributed by atoms with Gasteiger partial charge >= 0.3 is 6.03 Å². The van der Waals surface area contributed by atoms with Gasteiger partial charge in [-0.1, -0.05) is 24.3 Å². The van der Waals surface area contributed by atoms with Crippen molar-refractivity contribution in [3.8, 4) is 5.69 Å². The first kappa shape index (κ1) is 21.3. The Morgan fingerprint density at radius 3 is 2.68 bits per heavy atom. The van der Waals surface area contributed by atoms with Crippen molar-refractivity contribution in [3.05, 3.63) is 81.5 Å². The SMILES string of the molecule is Cc1cc(NC(=O)CN2C(=O)NC3(CCc4ccccc43)C2=O)n(-c2ccc([N+](=O)[O-])cc2)n1. The Bertz CT molecular complexity index is 1350. The minimum atomic E-state index is -1.13. The molecule has 0 bridgehead atoms. The molecule has 11 heteroatoms. The van der Waals surface area contributed by atoms with Gasteiger partial charge in [-0.15, -0.1) is 0 Å². The van der Waals surface area contributed by atoms with Crippen molar-refractivity contribution in [1.82, 2.24) is 20.0 Å². The second-order valence-corrected chi connectivity index (χ2v) is 8.29. The summed E-state index contributed by atoms with van der Waals surface area (Å²) in [6.07, 6.45) is 1.11. The van der Waals surface area contributed by atoms with Crippen molar-refractivity contribution in [3.63, 3.8) is 0 Å². The van der Waals surface area contributed by atoms with Gasteiger partial charge in [-0.25, -0.2) is 9.48 Å². The van der Waals surface area contributed by atoms with E-state index in [-0.39, 0.29) is 5.69 Å². The van der Waals surface area contributed by atoms with Gasteiger partial charge in [-0.2, -0.15) is 5.10 Å². The highest BCUT2D eigenvalue weighted by Gasteiger charge is 2.55. The number of fused-ring (bicyclic) bond motifs is 2. The van der Waals surface area contributed by atoms with Crippen LogP contribution in [0.25, 0.3) is 5.69 Å². The van der Waals surface area contributed by atoms with E-state index in [2.05, 4.69) is 15.7 Å². The first-order chi connectivity index (χ1) is 16.3. The third kappa shape index (κ3) is 3.38. The maximum absolute atomic E-state index is 13.3. The zero-order valence-electron chi connectivity index (χ0n) is 18.1. The van der Waals surface area contributed by atoms with E-state index in [0.29, 0.717) is 30.0 Å². The van der Waals surface area contributed by atoms with Gasteiger partial charge in [0.2, 0.25) is 5.91 Å². The van der Waals surface area contributed by atoms with E-state index in [0.717, 1.165) is 16.0 Å². The molecule has 4 amide bonds. The molecule has 5 rings (SSSR count). The molecule has 1 unspecified atom stereocenters. The van der Waals surface area contributed by atoms with Crippen LogP contribution in [0, 0.1) is 17.0 Å². The number of carbonyl (C=O) groups excluding carboxylic acids is 3. The van der Waals surface area contributed by atoms with E-state index in [1.807, 2.05) is 24.3 Å². The van der Waals surface area contributed by atoms with Gasteiger partial charge in [0.25, 0.3) is 11.6 Å². The molecule has 1 aliphatic heterocycles. The van der Waals surface area contributed by atoms with Gasteiger partial charge in [-0.05, 0) is 43.0 Å². The summed E-state index contributed by atoms with van der Waals surface area (Å²) in [5.41, 5.74) is 1.67. The smallest absolute Gasteiger partial charge is 0.319 e. The van der Waals surface area contributed by atoms with Crippen LogP contribution in [0.5, 0.6) is 0 Å². The number of imide groups is 1. The number of amides is 4. The van der Waals surface area contributed by atoms with E-state index in [1.165, 1.54) is 28.9 Å². The third-order valence-electron chi connectivity index (χ3n) is 6.13. The molecule has 2 aliphatic rings. The molecule has 2 aromatic carbocycles. The molecule has 1 fully saturated rings. The molecule has 34 heavy (non-hydrogen) atoms. The molecule has 2 N–H and O–H groups in total. The predicted molar refractivity (Wildman–Crippen MR) is 120 cm³/mol. The molecule has 1 aliphatic carbocycles. The summed E-state index contributed by atoms with van der Waals surface area (Å²) in [5.74, 6) is -0.711. The number of benzene rings is 2. The summed E-state index contributed by atoms with van der Waals surface area (Å²) < 4.78 is 1.43. The van der Waals surface area contributed by atoms with Crippen LogP contribution < -0.4 is 10.6 Å². The first-order valence-electron chi connectivity index (χ1n) is 10.6. The summed E-state index contributed by atoms with van der Waals surface area (Å²) >= 11 is 0. The number of urea groups is 1. The van der Waals surface area contributed by atoms with Gasteiger partial charge in [0.05, 0.1) is 16.3 Å². The van der Waals surface area contributed by atoms with E-state index >= 15 is 0 Å². The summed E-state index contributed by atoms with van der Waals surface area (Å²) in [6, 6.07) is 14.2. The number of rotatable bonds is 5. The number of nitro groups is 1. The van der Waals surface area contributed by atoms with Gasteiger partial charge in [0.15, 0.2) is 0 Å². The molecular weight excluding hydrogens is 440 g/mol. The monoisotopic (exact) mass is 460 g/mol. The van der Waals surface area contributed by atoms with Crippen LogP contribution >= 0.6 is 0 Å². The fourth-order valence-electron chi connectivity index (χ4n) is 4.56. The minimum absolute atomic E-state index is 0.0702. The van der Waals surface area contributed by atoms with Crippen LogP contribution in [0.4, 0.5) is 16.3 Å². The van der Waals surface area contributed by atoms with Crippen molar-refractivity contribution < 1.29 is 19.3 Å². The lowest BCUT2D eigenvalue weighted by Gasteiger charge is -2.22. The summed E-state index contributed by atoms with van der Waals surface area (Å²) in [4.78, 5) is 50.1. The summed E-state index contributed by atoms with van der Waals surface area (Å²) in [5, 5.41) is 20.7. The second-order valence-electron chi connectivity index (χ2n) is 8.29. The van der Waals surface area contributed by atoms with Gasteiger partial charge < -0.3 is 10.6 Å². The fraction of sp³-hybridized carbons (Fsp3) is 0.217. The minimum Gasteiger partial charge on any atom is -0.319 e. The van der Waals surface area contributed by atoms with Crippen LogP contribution in [0.15, 0.2) is 54.6 Å². The number of aromatic nitrogens is 2. The van der Waals surface area contributed by atoms with Gasteiger partial charge in [0.1, 0.15) is 17.9 Å². The van der Waals surface area contributed by atoms with Crippen molar-refractivity contribution >= 4 is 29.4 Å². The molecule has 3 aromatic rings. The number of nitrogens with one attached hydrogen (secondary N) is 2. The molecular formula is C23H20N6O5. The first-order valence-corrected chi connectivity index (χ1v) is 10.6. The van der Waals surface area contributed by atoms with Gasteiger partial charge in [-0.3, -0.25) is 24.6 Å². The molecule has 0 saturated carbocycles. The lowest BCUT2D eigenvalue weighted by atomic mass is 9.92. The van der Waals surface area contributed by atoms with Crippen LogP contribution in [0.2, 0.25) is 0 Å². The quantitative estimate of drug-likeness (QED) is 0.341. The van der Waals surface area contributed by atoms with Gasteiger partial charge in [0, 0.05) is 18.2 Å². The topological polar surface area (TPSA) is 139 Å². The lowest BCUT2D eigenvalue weighted by molar-refractivity contribution is -0.384. The number of nitrogens with zero attached hydrogens (tertiary/aromatic N) is 4. The molecule has 1 atom stereocenters. The third-order valence-corrected chi connectivity index (χ3v) is 6.13.